The fourth-order valence-electron chi connectivity index (χ4n) is 1.96. The monoisotopic (exact) mass is 385 g/mol. The highest BCUT2D eigenvalue weighted by Crippen LogP contribution is 2.18. The average Bonchev–Trinajstić information content (AvgIpc) is 3.12. The molecule has 1 aromatic heterocycles. The third-order valence-electron chi connectivity index (χ3n) is 3.15. The molecule has 5 nitrogen and oxygen atoms in total. The molecule has 1 N–H and O–H groups in total. The molecular weight excluding hydrogens is 374 g/mol. The molecule has 0 atom stereocenters. The second kappa shape index (κ2) is 7.14. The third kappa shape index (κ3) is 3.91. The van der Waals surface area contributed by atoms with Gasteiger partial charge in [-0.2, -0.15) is 0 Å². The molecule has 0 spiro atoms. The van der Waals surface area contributed by atoms with Gasteiger partial charge < -0.3 is 14.5 Å². The molecule has 6 heteroatoms. The van der Waals surface area contributed by atoms with Gasteiger partial charge in [-0.15, -0.1) is 0 Å². The maximum absolute atomic E-state index is 12.1. The van der Waals surface area contributed by atoms with Crippen molar-refractivity contribution in [3.63, 3.8) is 0 Å². The zero-order valence-electron chi connectivity index (χ0n) is 12.4. The molecular formula is C18H12BrNO4. The number of ether oxygens (including phenoxy) is 1. The first kappa shape index (κ1) is 16.0. The molecule has 0 fully saturated rings. The second-order valence-electron chi connectivity index (χ2n) is 4.85. The van der Waals surface area contributed by atoms with Gasteiger partial charge in [-0.25, -0.2) is 4.79 Å². The van der Waals surface area contributed by atoms with Crippen molar-refractivity contribution in [2.24, 2.45) is 0 Å². The number of esters is 1. The predicted molar refractivity (Wildman–Crippen MR) is 92.2 cm³/mol. The van der Waals surface area contributed by atoms with Crippen LogP contribution in [0.4, 0.5) is 5.69 Å². The van der Waals surface area contributed by atoms with E-state index in [1.165, 1.54) is 6.26 Å². The molecule has 0 radical (unpaired) electrons. The Labute approximate surface area is 146 Å². The van der Waals surface area contributed by atoms with Crippen molar-refractivity contribution in [2.75, 3.05) is 5.32 Å². The van der Waals surface area contributed by atoms with Gasteiger partial charge in [0, 0.05) is 10.2 Å². The Morgan fingerprint density at radius 2 is 1.67 bits per heavy atom. The number of hydrogen-bond acceptors (Lipinski definition) is 4. The van der Waals surface area contributed by atoms with Crippen LogP contribution in [0.15, 0.2) is 75.8 Å². The maximum atomic E-state index is 12.1. The SMILES string of the molecule is O=C(Oc1ccc(Br)cc1)c1ccc(NC(=O)c2ccco2)cc1. The number of furan rings is 1. The number of anilines is 1. The lowest BCUT2D eigenvalue weighted by atomic mass is 10.2. The first-order valence-electron chi connectivity index (χ1n) is 7.04. The summed E-state index contributed by atoms with van der Waals surface area (Å²) in [4.78, 5) is 23.9. The summed E-state index contributed by atoms with van der Waals surface area (Å²) in [6.45, 7) is 0. The van der Waals surface area contributed by atoms with Crippen molar-refractivity contribution in [3.05, 3.63) is 82.7 Å². The highest BCUT2D eigenvalue weighted by Gasteiger charge is 2.11. The molecule has 0 saturated carbocycles. The van der Waals surface area contributed by atoms with Crippen molar-refractivity contribution in [2.45, 2.75) is 0 Å². The standard InChI is InChI=1S/C18H12BrNO4/c19-13-5-9-15(10-6-13)24-18(22)12-3-7-14(8-4-12)20-17(21)16-2-1-11-23-16/h1-11H,(H,20,21). The van der Waals surface area contributed by atoms with Crippen molar-refractivity contribution >= 4 is 33.5 Å². The molecule has 3 aromatic rings. The predicted octanol–water partition coefficient (Wildman–Crippen LogP) is 4.51. The van der Waals surface area contributed by atoms with Gasteiger partial charge in [0.2, 0.25) is 0 Å². The molecule has 1 amide bonds. The van der Waals surface area contributed by atoms with E-state index in [1.54, 1.807) is 60.7 Å². The number of carbonyl (C=O) groups is 2. The quantitative estimate of drug-likeness (QED) is 0.529. The lowest BCUT2D eigenvalue weighted by molar-refractivity contribution is 0.0734. The lowest BCUT2D eigenvalue weighted by Gasteiger charge is -2.06. The summed E-state index contributed by atoms with van der Waals surface area (Å²) in [5.74, 6) is -0.154. The van der Waals surface area contributed by atoms with E-state index >= 15 is 0 Å². The molecule has 0 bridgehead atoms. The van der Waals surface area contributed by atoms with Crippen molar-refractivity contribution in [3.8, 4) is 5.75 Å². The number of amides is 1. The molecule has 0 aliphatic heterocycles. The van der Waals surface area contributed by atoms with Gasteiger partial charge in [-0.05, 0) is 60.7 Å². The van der Waals surface area contributed by atoms with Crippen LogP contribution < -0.4 is 10.1 Å². The zero-order chi connectivity index (χ0) is 16.9. The number of benzene rings is 2. The molecule has 0 unspecified atom stereocenters. The summed E-state index contributed by atoms with van der Waals surface area (Å²) in [7, 11) is 0. The summed E-state index contributed by atoms with van der Waals surface area (Å²) in [5, 5.41) is 2.68. The van der Waals surface area contributed by atoms with Gasteiger partial charge in [-0.1, -0.05) is 15.9 Å². The molecule has 0 aliphatic rings. The van der Waals surface area contributed by atoms with Crippen molar-refractivity contribution in [1.29, 1.82) is 0 Å². The van der Waals surface area contributed by atoms with Crippen molar-refractivity contribution < 1.29 is 18.7 Å². The number of hydrogen-bond donors (Lipinski definition) is 1. The highest BCUT2D eigenvalue weighted by atomic mass is 79.9. The number of nitrogens with one attached hydrogen (secondary N) is 1. The van der Waals surface area contributed by atoms with Gasteiger partial charge in [0.25, 0.3) is 5.91 Å². The topological polar surface area (TPSA) is 68.5 Å². The van der Waals surface area contributed by atoms with Crippen LogP contribution in [-0.2, 0) is 0 Å². The summed E-state index contributed by atoms with van der Waals surface area (Å²) in [6, 6.07) is 16.6. The van der Waals surface area contributed by atoms with Gasteiger partial charge in [-0.3, -0.25) is 4.79 Å². The molecule has 3 rings (SSSR count). The molecule has 1 heterocycles. The van der Waals surface area contributed by atoms with E-state index in [4.69, 9.17) is 9.15 Å². The first-order chi connectivity index (χ1) is 11.6. The van der Waals surface area contributed by atoms with Crippen LogP contribution in [0, 0.1) is 0 Å². The van der Waals surface area contributed by atoms with Gasteiger partial charge in [0.1, 0.15) is 5.75 Å². The van der Waals surface area contributed by atoms with Gasteiger partial charge >= 0.3 is 5.97 Å². The van der Waals surface area contributed by atoms with Crippen LogP contribution in [0.1, 0.15) is 20.9 Å². The van der Waals surface area contributed by atoms with Crippen LogP contribution in [0.25, 0.3) is 0 Å². The number of halogens is 1. The average molecular weight is 386 g/mol. The molecule has 120 valence electrons. The zero-order valence-corrected chi connectivity index (χ0v) is 13.9. The Morgan fingerprint density at radius 1 is 0.958 bits per heavy atom. The van der Waals surface area contributed by atoms with E-state index in [-0.39, 0.29) is 11.7 Å². The number of carbonyl (C=O) groups excluding carboxylic acids is 2. The summed E-state index contributed by atoms with van der Waals surface area (Å²) >= 11 is 3.32. The van der Waals surface area contributed by atoms with E-state index in [0.29, 0.717) is 17.0 Å². The third-order valence-corrected chi connectivity index (χ3v) is 3.68. The maximum Gasteiger partial charge on any atom is 0.343 e. The van der Waals surface area contributed by atoms with E-state index in [1.807, 2.05) is 0 Å². The van der Waals surface area contributed by atoms with Crippen LogP contribution in [-0.4, -0.2) is 11.9 Å². The van der Waals surface area contributed by atoms with E-state index < -0.39 is 5.97 Å². The normalized spacial score (nSPS) is 10.2. The molecule has 0 aliphatic carbocycles. The van der Waals surface area contributed by atoms with E-state index in [0.717, 1.165) is 4.47 Å². The minimum absolute atomic E-state index is 0.216. The highest BCUT2D eigenvalue weighted by molar-refractivity contribution is 9.10. The van der Waals surface area contributed by atoms with E-state index in [9.17, 15) is 9.59 Å². The first-order valence-corrected chi connectivity index (χ1v) is 7.84. The Morgan fingerprint density at radius 3 is 2.29 bits per heavy atom. The smallest absolute Gasteiger partial charge is 0.343 e. The van der Waals surface area contributed by atoms with Crippen LogP contribution in [0.5, 0.6) is 5.75 Å². The summed E-state index contributed by atoms with van der Waals surface area (Å²) < 4.78 is 11.2. The van der Waals surface area contributed by atoms with Gasteiger partial charge in [0.15, 0.2) is 5.76 Å². The minimum Gasteiger partial charge on any atom is -0.459 e. The summed E-state index contributed by atoms with van der Waals surface area (Å²) in [5.41, 5.74) is 0.936. The Hall–Kier alpha value is -2.86. The fourth-order valence-corrected chi connectivity index (χ4v) is 2.22. The van der Waals surface area contributed by atoms with Crippen LogP contribution in [0.2, 0.25) is 0 Å². The Bertz CT molecular complexity index is 840. The molecule has 0 saturated heterocycles. The largest absolute Gasteiger partial charge is 0.459 e. The van der Waals surface area contributed by atoms with E-state index in [2.05, 4.69) is 21.2 Å². The second-order valence-corrected chi connectivity index (χ2v) is 5.77. The molecule has 2 aromatic carbocycles. The summed E-state index contributed by atoms with van der Waals surface area (Å²) in [6.07, 6.45) is 1.43. The van der Waals surface area contributed by atoms with Gasteiger partial charge in [0.05, 0.1) is 11.8 Å². The lowest BCUT2D eigenvalue weighted by Crippen LogP contribution is -2.12. The van der Waals surface area contributed by atoms with Crippen LogP contribution in [0.3, 0.4) is 0 Å². The molecule has 24 heavy (non-hydrogen) atoms. The number of rotatable bonds is 4. The minimum atomic E-state index is -0.471. The Kier molecular flexibility index (Phi) is 4.77. The fraction of sp³-hybridized carbons (Fsp3) is 0. The Balaban J connectivity index is 1.64. The van der Waals surface area contributed by atoms with Crippen molar-refractivity contribution in [1.82, 2.24) is 0 Å². The van der Waals surface area contributed by atoms with Crippen LogP contribution >= 0.6 is 15.9 Å².